The SMILES string of the molecule is CCc1ccccc1N(C(C)=O)c1nc(CSc2nnc(-c3cccs3)n2C)cs1. The first kappa shape index (κ1) is 20.8. The average Bonchev–Trinajstić information content (AvgIpc) is 3.48. The Labute approximate surface area is 187 Å². The zero-order chi connectivity index (χ0) is 21.1. The van der Waals surface area contributed by atoms with E-state index in [9.17, 15) is 4.79 Å². The van der Waals surface area contributed by atoms with Gasteiger partial charge in [-0.25, -0.2) is 4.98 Å². The van der Waals surface area contributed by atoms with Crippen molar-refractivity contribution in [3.05, 3.63) is 58.4 Å². The first-order valence-electron chi connectivity index (χ1n) is 9.47. The maximum atomic E-state index is 12.4. The zero-order valence-corrected chi connectivity index (χ0v) is 19.4. The quantitative estimate of drug-likeness (QED) is 0.342. The number of benzene rings is 1. The molecule has 0 fully saturated rings. The number of rotatable bonds is 7. The Morgan fingerprint density at radius 1 is 1.17 bits per heavy atom. The number of anilines is 2. The monoisotopic (exact) mass is 455 g/mol. The average molecular weight is 456 g/mol. The zero-order valence-electron chi connectivity index (χ0n) is 16.9. The minimum Gasteiger partial charge on any atom is -0.304 e. The fourth-order valence-electron chi connectivity index (χ4n) is 3.10. The minimum atomic E-state index is -0.0432. The molecule has 0 spiro atoms. The fourth-order valence-corrected chi connectivity index (χ4v) is 5.63. The van der Waals surface area contributed by atoms with E-state index in [0.717, 1.165) is 39.2 Å². The molecule has 0 radical (unpaired) electrons. The van der Waals surface area contributed by atoms with Gasteiger partial charge in [0.15, 0.2) is 16.1 Å². The third kappa shape index (κ3) is 4.19. The standard InChI is InChI=1S/C21H21N5OS3/c1-4-15-8-5-6-9-17(15)26(14(2)27)20-22-16(12-29-20)13-30-21-24-23-19(25(21)3)18-10-7-11-28-18/h5-12H,4,13H2,1-3H3. The highest BCUT2D eigenvalue weighted by Crippen LogP contribution is 2.33. The van der Waals surface area contributed by atoms with Gasteiger partial charge in [0.1, 0.15) is 0 Å². The molecule has 4 rings (SSSR count). The van der Waals surface area contributed by atoms with Crippen LogP contribution in [0.1, 0.15) is 25.1 Å². The van der Waals surface area contributed by atoms with Gasteiger partial charge in [-0.05, 0) is 29.5 Å². The molecule has 0 aliphatic carbocycles. The van der Waals surface area contributed by atoms with Crippen LogP contribution in [-0.2, 0) is 24.0 Å². The maximum absolute atomic E-state index is 12.4. The van der Waals surface area contributed by atoms with Gasteiger partial charge in [0.25, 0.3) is 0 Å². The summed E-state index contributed by atoms with van der Waals surface area (Å²) >= 11 is 4.72. The molecule has 9 heteroatoms. The van der Waals surface area contributed by atoms with Gasteiger partial charge in [0.2, 0.25) is 5.91 Å². The molecular weight excluding hydrogens is 434 g/mol. The summed E-state index contributed by atoms with van der Waals surface area (Å²) < 4.78 is 2.00. The molecule has 0 unspecified atom stereocenters. The van der Waals surface area contributed by atoms with Gasteiger partial charge in [-0.1, -0.05) is 43.0 Å². The summed E-state index contributed by atoms with van der Waals surface area (Å²) in [4.78, 5) is 20.0. The Morgan fingerprint density at radius 3 is 2.73 bits per heavy atom. The Hall–Kier alpha value is -2.49. The summed E-state index contributed by atoms with van der Waals surface area (Å²) in [5.41, 5.74) is 2.94. The molecule has 0 saturated heterocycles. The first-order chi connectivity index (χ1) is 14.6. The molecular formula is C21H21N5OS3. The van der Waals surface area contributed by atoms with Crippen LogP contribution in [0.4, 0.5) is 10.8 Å². The lowest BCUT2D eigenvalue weighted by molar-refractivity contribution is -0.115. The lowest BCUT2D eigenvalue weighted by atomic mass is 10.1. The highest BCUT2D eigenvalue weighted by atomic mass is 32.2. The summed E-state index contributed by atoms with van der Waals surface area (Å²) in [5.74, 6) is 1.48. The summed E-state index contributed by atoms with van der Waals surface area (Å²) in [7, 11) is 1.98. The fraction of sp³-hybridized carbons (Fsp3) is 0.238. The maximum Gasteiger partial charge on any atom is 0.230 e. The van der Waals surface area contributed by atoms with Gasteiger partial charge in [0, 0.05) is 25.1 Å². The number of nitrogens with zero attached hydrogens (tertiary/aromatic N) is 5. The predicted molar refractivity (Wildman–Crippen MR) is 125 cm³/mol. The van der Waals surface area contributed by atoms with Crippen molar-refractivity contribution >= 4 is 51.2 Å². The number of para-hydroxylation sites is 1. The number of hydrogen-bond acceptors (Lipinski definition) is 7. The number of thiazole rings is 1. The van der Waals surface area contributed by atoms with Crippen LogP contribution in [0.3, 0.4) is 0 Å². The minimum absolute atomic E-state index is 0.0432. The second kappa shape index (κ2) is 9.11. The number of hydrogen-bond donors (Lipinski definition) is 0. The lowest BCUT2D eigenvalue weighted by Crippen LogP contribution is -2.23. The van der Waals surface area contributed by atoms with Crippen molar-refractivity contribution in [2.45, 2.75) is 31.2 Å². The molecule has 3 heterocycles. The van der Waals surface area contributed by atoms with E-state index in [2.05, 4.69) is 23.2 Å². The number of amides is 1. The van der Waals surface area contributed by atoms with Gasteiger partial charge < -0.3 is 4.57 Å². The van der Waals surface area contributed by atoms with E-state index in [0.29, 0.717) is 10.9 Å². The number of thioether (sulfide) groups is 1. The molecule has 0 N–H and O–H groups in total. The molecule has 0 atom stereocenters. The number of carbonyl (C=O) groups is 1. The van der Waals surface area contributed by atoms with E-state index >= 15 is 0 Å². The molecule has 154 valence electrons. The molecule has 3 aromatic heterocycles. The van der Waals surface area contributed by atoms with Crippen LogP contribution in [-0.4, -0.2) is 25.7 Å². The second-order valence-corrected chi connectivity index (χ2v) is 9.32. The van der Waals surface area contributed by atoms with Crippen molar-refractivity contribution in [2.24, 2.45) is 7.05 Å². The van der Waals surface area contributed by atoms with Gasteiger partial charge in [-0.15, -0.1) is 32.9 Å². The van der Waals surface area contributed by atoms with E-state index in [1.54, 1.807) is 34.9 Å². The Kier molecular flexibility index (Phi) is 6.31. The van der Waals surface area contributed by atoms with Gasteiger partial charge in [-0.3, -0.25) is 9.69 Å². The smallest absolute Gasteiger partial charge is 0.230 e. The molecule has 30 heavy (non-hydrogen) atoms. The van der Waals surface area contributed by atoms with Crippen LogP contribution in [0.25, 0.3) is 10.7 Å². The van der Waals surface area contributed by atoms with Crippen molar-refractivity contribution in [1.29, 1.82) is 0 Å². The van der Waals surface area contributed by atoms with Crippen LogP contribution < -0.4 is 4.90 Å². The molecule has 4 aromatic rings. The van der Waals surface area contributed by atoms with Crippen LogP contribution in [0.15, 0.2) is 52.3 Å². The normalized spacial score (nSPS) is 11.0. The first-order valence-corrected chi connectivity index (χ1v) is 12.2. The van der Waals surface area contributed by atoms with E-state index in [1.165, 1.54) is 11.3 Å². The van der Waals surface area contributed by atoms with Crippen LogP contribution in [0.2, 0.25) is 0 Å². The number of aryl methyl sites for hydroxylation is 1. The summed E-state index contributed by atoms with van der Waals surface area (Å²) in [6.07, 6.45) is 0.854. The van der Waals surface area contributed by atoms with Gasteiger partial charge >= 0.3 is 0 Å². The lowest BCUT2D eigenvalue weighted by Gasteiger charge is -2.20. The second-order valence-electron chi connectivity index (χ2n) is 6.59. The third-order valence-corrected chi connectivity index (χ3v) is 7.38. The van der Waals surface area contributed by atoms with Crippen molar-refractivity contribution in [3.63, 3.8) is 0 Å². The largest absolute Gasteiger partial charge is 0.304 e. The van der Waals surface area contributed by atoms with E-state index in [-0.39, 0.29) is 5.91 Å². The molecule has 0 aliphatic heterocycles. The van der Waals surface area contributed by atoms with Crippen molar-refractivity contribution in [1.82, 2.24) is 19.7 Å². The topological polar surface area (TPSA) is 63.9 Å². The number of carbonyl (C=O) groups excluding carboxylic acids is 1. The molecule has 1 amide bonds. The Bertz CT molecular complexity index is 1150. The van der Waals surface area contributed by atoms with Crippen molar-refractivity contribution < 1.29 is 4.79 Å². The summed E-state index contributed by atoms with van der Waals surface area (Å²) in [6.45, 7) is 3.67. The molecule has 1 aromatic carbocycles. The number of aromatic nitrogens is 4. The van der Waals surface area contributed by atoms with E-state index in [1.807, 2.05) is 52.7 Å². The van der Waals surface area contributed by atoms with Gasteiger partial charge in [0.05, 0.1) is 16.3 Å². The van der Waals surface area contributed by atoms with Crippen molar-refractivity contribution in [3.8, 4) is 10.7 Å². The van der Waals surface area contributed by atoms with Crippen molar-refractivity contribution in [2.75, 3.05) is 4.90 Å². The summed E-state index contributed by atoms with van der Waals surface area (Å²) in [6, 6.07) is 12.0. The van der Waals surface area contributed by atoms with Gasteiger partial charge in [-0.2, -0.15) is 0 Å². The van der Waals surface area contributed by atoms with E-state index in [4.69, 9.17) is 4.98 Å². The van der Waals surface area contributed by atoms with Crippen LogP contribution >= 0.6 is 34.4 Å². The Morgan fingerprint density at radius 2 is 2.00 bits per heavy atom. The Balaban J connectivity index is 1.52. The molecule has 0 saturated carbocycles. The molecule has 0 aliphatic rings. The summed E-state index contributed by atoms with van der Waals surface area (Å²) in [5, 5.41) is 14.2. The van der Waals surface area contributed by atoms with E-state index < -0.39 is 0 Å². The third-order valence-electron chi connectivity index (χ3n) is 4.58. The number of thiophene rings is 1. The predicted octanol–water partition coefficient (Wildman–Crippen LogP) is 5.54. The highest BCUT2D eigenvalue weighted by Gasteiger charge is 2.20. The van der Waals surface area contributed by atoms with Crippen LogP contribution in [0.5, 0.6) is 0 Å². The molecule has 6 nitrogen and oxygen atoms in total. The molecule has 0 bridgehead atoms. The highest BCUT2D eigenvalue weighted by molar-refractivity contribution is 7.98. The van der Waals surface area contributed by atoms with Crippen LogP contribution in [0, 0.1) is 0 Å².